The molecule has 9 nitrogen and oxygen atoms in total. The molecular formula is C22H24FN7O2. The largest absolute Gasteiger partial charge is 0.371 e. The number of rotatable bonds is 6. The number of alkyl halides is 1. The molecule has 2 saturated heterocycles. The maximum absolute atomic E-state index is 13.4. The Labute approximate surface area is 184 Å². The third-order valence-electron chi connectivity index (χ3n) is 6.01. The Hall–Kier alpha value is -3.40. The molecule has 3 aliphatic rings. The van der Waals surface area contributed by atoms with E-state index in [1.807, 2.05) is 32.3 Å². The van der Waals surface area contributed by atoms with Gasteiger partial charge in [-0.25, -0.2) is 19.3 Å². The molecule has 3 aromatic rings. The molecule has 6 rings (SSSR count). The van der Waals surface area contributed by atoms with Crippen molar-refractivity contribution in [2.75, 3.05) is 23.9 Å². The summed E-state index contributed by atoms with van der Waals surface area (Å²) in [7, 11) is 1.84. The number of ether oxygens (including phenoxy) is 1. The van der Waals surface area contributed by atoms with Gasteiger partial charge in [0, 0.05) is 49.8 Å². The number of aryl methyl sites for hydroxylation is 2. The number of hydrogen-bond donors (Lipinski definition) is 2. The number of nitrogens with one attached hydrogen (secondary N) is 2. The molecule has 10 heteroatoms. The first-order chi connectivity index (χ1) is 15.3. The SMILES string of the molecule is CC(=O)Nc1cc(Nc2cc(C)nc(C34COC(CF)(C3)C4)n2)c(-c2ccn(C)n2)cn1. The molecule has 0 spiro atoms. The van der Waals surface area contributed by atoms with E-state index in [9.17, 15) is 9.18 Å². The van der Waals surface area contributed by atoms with Crippen LogP contribution in [0.4, 0.5) is 21.7 Å². The van der Waals surface area contributed by atoms with Gasteiger partial charge in [0.1, 0.15) is 24.1 Å². The van der Waals surface area contributed by atoms with E-state index in [1.165, 1.54) is 6.92 Å². The highest BCUT2D eigenvalue weighted by molar-refractivity contribution is 5.89. The maximum Gasteiger partial charge on any atom is 0.222 e. The van der Waals surface area contributed by atoms with Crippen LogP contribution in [-0.4, -0.2) is 49.5 Å². The number of amides is 1. The lowest BCUT2D eigenvalue weighted by atomic mass is 9.62. The van der Waals surface area contributed by atoms with Crippen molar-refractivity contribution < 1.29 is 13.9 Å². The maximum atomic E-state index is 13.4. The summed E-state index contributed by atoms with van der Waals surface area (Å²) < 4.78 is 20.8. The average molecular weight is 437 g/mol. The average Bonchev–Trinajstić information content (AvgIpc) is 3.41. The minimum absolute atomic E-state index is 0.212. The van der Waals surface area contributed by atoms with Crippen LogP contribution in [0.5, 0.6) is 0 Å². The molecule has 3 aromatic heterocycles. The van der Waals surface area contributed by atoms with Crippen LogP contribution in [0.25, 0.3) is 11.3 Å². The quantitative estimate of drug-likeness (QED) is 0.610. The van der Waals surface area contributed by atoms with E-state index in [2.05, 4.69) is 25.7 Å². The molecule has 1 amide bonds. The van der Waals surface area contributed by atoms with Crippen LogP contribution in [0.3, 0.4) is 0 Å². The molecule has 0 radical (unpaired) electrons. The Morgan fingerprint density at radius 2 is 2.09 bits per heavy atom. The standard InChI is InChI=1S/C22H24FN7O2/c1-13-6-19(28-20(25-13)21-9-22(10-21,11-23)32-12-21)27-17-7-18(26-14(2)31)24-8-15(17)16-4-5-30(3)29-16/h4-8H,9-12H2,1-3H3,(H2,24,25,26,27,28,31). The van der Waals surface area contributed by atoms with Crippen molar-refractivity contribution in [3.05, 3.63) is 42.1 Å². The summed E-state index contributed by atoms with van der Waals surface area (Å²) in [4.78, 5) is 25.2. The van der Waals surface area contributed by atoms with Gasteiger partial charge in [-0.3, -0.25) is 9.48 Å². The van der Waals surface area contributed by atoms with E-state index in [4.69, 9.17) is 9.72 Å². The van der Waals surface area contributed by atoms with Crippen molar-refractivity contribution in [1.82, 2.24) is 24.7 Å². The number of halogens is 1. The number of hydrogen-bond acceptors (Lipinski definition) is 7. The van der Waals surface area contributed by atoms with Gasteiger partial charge in [0.15, 0.2) is 0 Å². The van der Waals surface area contributed by atoms with E-state index in [0.29, 0.717) is 42.6 Å². The topological polar surface area (TPSA) is 107 Å². The number of anilines is 3. The molecule has 32 heavy (non-hydrogen) atoms. The summed E-state index contributed by atoms with van der Waals surface area (Å²) in [5, 5.41) is 10.5. The predicted molar refractivity (Wildman–Crippen MR) is 116 cm³/mol. The number of carbonyl (C=O) groups is 1. The van der Waals surface area contributed by atoms with Crippen LogP contribution >= 0.6 is 0 Å². The lowest BCUT2D eigenvalue weighted by molar-refractivity contribution is -0.114. The Kier molecular flexibility index (Phi) is 4.70. The molecule has 2 N–H and O–H groups in total. The normalized spacial score (nSPS) is 23.6. The van der Waals surface area contributed by atoms with Gasteiger partial charge in [-0.15, -0.1) is 0 Å². The van der Waals surface area contributed by atoms with Crippen molar-refractivity contribution in [3.63, 3.8) is 0 Å². The smallest absolute Gasteiger partial charge is 0.222 e. The summed E-state index contributed by atoms with van der Waals surface area (Å²) in [5.41, 5.74) is 1.99. The molecule has 1 aliphatic carbocycles. The van der Waals surface area contributed by atoms with Crippen LogP contribution in [0.1, 0.15) is 31.3 Å². The monoisotopic (exact) mass is 437 g/mol. The number of carbonyl (C=O) groups excluding carboxylic acids is 1. The molecule has 2 bridgehead atoms. The van der Waals surface area contributed by atoms with E-state index in [1.54, 1.807) is 16.9 Å². The molecule has 1 saturated carbocycles. The van der Waals surface area contributed by atoms with Crippen LogP contribution in [0.15, 0.2) is 30.6 Å². The van der Waals surface area contributed by atoms with Gasteiger partial charge in [0.05, 0.1) is 29.0 Å². The fraction of sp³-hybridized carbons (Fsp3) is 0.409. The summed E-state index contributed by atoms with van der Waals surface area (Å²) in [6.45, 7) is 3.28. The number of aromatic nitrogens is 5. The zero-order chi connectivity index (χ0) is 22.5. The summed E-state index contributed by atoms with van der Waals surface area (Å²) >= 11 is 0. The first kappa shape index (κ1) is 20.5. The first-order valence-corrected chi connectivity index (χ1v) is 10.4. The van der Waals surface area contributed by atoms with Crippen molar-refractivity contribution in [3.8, 4) is 11.3 Å². The van der Waals surface area contributed by atoms with Crippen molar-refractivity contribution >= 4 is 23.2 Å². The van der Waals surface area contributed by atoms with Gasteiger partial charge in [-0.2, -0.15) is 5.10 Å². The van der Waals surface area contributed by atoms with Gasteiger partial charge in [0.25, 0.3) is 0 Å². The lowest BCUT2D eigenvalue weighted by Crippen LogP contribution is -2.49. The van der Waals surface area contributed by atoms with Gasteiger partial charge >= 0.3 is 0 Å². The van der Waals surface area contributed by atoms with E-state index >= 15 is 0 Å². The summed E-state index contributed by atoms with van der Waals surface area (Å²) in [6, 6.07) is 5.48. The summed E-state index contributed by atoms with van der Waals surface area (Å²) in [5.74, 6) is 1.47. The zero-order valence-corrected chi connectivity index (χ0v) is 18.1. The second-order valence-corrected chi connectivity index (χ2v) is 8.75. The van der Waals surface area contributed by atoms with Crippen LogP contribution in [-0.2, 0) is 22.0 Å². The van der Waals surface area contributed by atoms with Gasteiger partial charge in [-0.1, -0.05) is 0 Å². The van der Waals surface area contributed by atoms with Crippen LogP contribution in [0, 0.1) is 6.92 Å². The highest BCUT2D eigenvalue weighted by Crippen LogP contribution is 2.58. The van der Waals surface area contributed by atoms with Gasteiger partial charge in [0.2, 0.25) is 5.91 Å². The van der Waals surface area contributed by atoms with Crippen LogP contribution in [0.2, 0.25) is 0 Å². The molecule has 5 heterocycles. The van der Waals surface area contributed by atoms with E-state index in [0.717, 1.165) is 17.0 Å². The fourth-order valence-corrected chi connectivity index (χ4v) is 4.61. The third kappa shape index (κ3) is 3.50. The van der Waals surface area contributed by atoms with E-state index in [-0.39, 0.29) is 11.3 Å². The predicted octanol–water partition coefficient (Wildman–Crippen LogP) is 3.05. The van der Waals surface area contributed by atoms with E-state index < -0.39 is 12.3 Å². The zero-order valence-electron chi connectivity index (χ0n) is 18.1. The number of pyridine rings is 1. The Morgan fingerprint density at radius 3 is 2.75 bits per heavy atom. The molecule has 0 atom stereocenters. The third-order valence-corrected chi connectivity index (χ3v) is 6.01. The molecule has 2 aliphatic heterocycles. The Bertz CT molecular complexity index is 1200. The number of fused-ring (bicyclic) bond motifs is 1. The molecular weight excluding hydrogens is 413 g/mol. The van der Waals surface area contributed by atoms with Gasteiger partial charge in [-0.05, 0) is 25.8 Å². The molecule has 166 valence electrons. The van der Waals surface area contributed by atoms with Crippen molar-refractivity contribution in [2.45, 2.75) is 37.7 Å². The molecule has 0 unspecified atom stereocenters. The molecule has 3 fully saturated rings. The minimum atomic E-state index is -0.662. The first-order valence-electron chi connectivity index (χ1n) is 10.4. The number of nitrogens with zero attached hydrogens (tertiary/aromatic N) is 5. The Morgan fingerprint density at radius 1 is 1.28 bits per heavy atom. The fourth-order valence-electron chi connectivity index (χ4n) is 4.61. The minimum Gasteiger partial charge on any atom is -0.371 e. The Balaban J connectivity index is 1.50. The van der Waals surface area contributed by atoms with Crippen molar-refractivity contribution in [2.24, 2.45) is 7.05 Å². The lowest BCUT2D eigenvalue weighted by Gasteiger charge is -2.41. The summed E-state index contributed by atoms with van der Waals surface area (Å²) in [6.07, 6.45) is 4.71. The highest BCUT2D eigenvalue weighted by Gasteiger charge is 2.65. The van der Waals surface area contributed by atoms with Gasteiger partial charge < -0.3 is 15.4 Å². The van der Waals surface area contributed by atoms with Crippen molar-refractivity contribution in [1.29, 1.82) is 0 Å². The van der Waals surface area contributed by atoms with Crippen LogP contribution < -0.4 is 10.6 Å². The molecule has 0 aromatic carbocycles. The second kappa shape index (κ2) is 7.33. The highest BCUT2D eigenvalue weighted by atomic mass is 19.1. The second-order valence-electron chi connectivity index (χ2n) is 8.75.